The fourth-order valence-electron chi connectivity index (χ4n) is 2.92. The lowest BCUT2D eigenvalue weighted by atomic mass is 9.77. The van der Waals surface area contributed by atoms with Gasteiger partial charge in [0.05, 0.1) is 6.04 Å². The van der Waals surface area contributed by atoms with E-state index in [1.54, 1.807) is 0 Å². The SMILES string of the molecule is CC(N)CC1CCC2C(C=NN2C)C1. The van der Waals surface area contributed by atoms with Gasteiger partial charge in [0.2, 0.25) is 0 Å². The summed E-state index contributed by atoms with van der Waals surface area (Å²) < 4.78 is 0. The molecule has 80 valence electrons. The monoisotopic (exact) mass is 195 g/mol. The highest BCUT2D eigenvalue weighted by Gasteiger charge is 2.34. The Morgan fingerprint density at radius 1 is 1.57 bits per heavy atom. The van der Waals surface area contributed by atoms with Crippen LogP contribution in [0, 0.1) is 11.8 Å². The maximum absolute atomic E-state index is 5.84. The summed E-state index contributed by atoms with van der Waals surface area (Å²) in [6, 6.07) is 1.03. The molecule has 0 bridgehead atoms. The molecule has 2 N–H and O–H groups in total. The van der Waals surface area contributed by atoms with Gasteiger partial charge in [-0.1, -0.05) is 0 Å². The summed E-state index contributed by atoms with van der Waals surface area (Å²) in [6.45, 7) is 2.11. The zero-order valence-corrected chi connectivity index (χ0v) is 9.19. The molecule has 0 saturated heterocycles. The second-order valence-electron chi connectivity index (χ2n) is 4.96. The Hall–Kier alpha value is -0.570. The van der Waals surface area contributed by atoms with Crippen LogP contribution in [0.3, 0.4) is 0 Å². The predicted molar refractivity (Wildman–Crippen MR) is 59.1 cm³/mol. The minimum Gasteiger partial charge on any atom is -0.328 e. The summed E-state index contributed by atoms with van der Waals surface area (Å²) in [6.07, 6.45) is 7.23. The Kier molecular flexibility index (Phi) is 2.77. The predicted octanol–water partition coefficient (Wildman–Crippen LogP) is 1.44. The van der Waals surface area contributed by atoms with E-state index in [2.05, 4.69) is 30.3 Å². The number of fused-ring (bicyclic) bond motifs is 1. The highest BCUT2D eigenvalue weighted by atomic mass is 15.5. The molecule has 0 aromatic rings. The molecule has 14 heavy (non-hydrogen) atoms. The Bertz CT molecular complexity index is 225. The van der Waals surface area contributed by atoms with Gasteiger partial charge in [0.15, 0.2) is 0 Å². The van der Waals surface area contributed by atoms with Crippen molar-refractivity contribution in [3.63, 3.8) is 0 Å². The fraction of sp³-hybridized carbons (Fsp3) is 0.909. The van der Waals surface area contributed by atoms with Crippen LogP contribution in [0.5, 0.6) is 0 Å². The van der Waals surface area contributed by atoms with E-state index < -0.39 is 0 Å². The topological polar surface area (TPSA) is 41.6 Å². The molecule has 3 heteroatoms. The molecule has 2 aliphatic rings. The van der Waals surface area contributed by atoms with Crippen molar-refractivity contribution in [3.8, 4) is 0 Å². The van der Waals surface area contributed by atoms with Gasteiger partial charge in [-0.3, -0.25) is 5.01 Å². The van der Waals surface area contributed by atoms with E-state index in [0.717, 1.165) is 5.92 Å². The van der Waals surface area contributed by atoms with Crippen molar-refractivity contribution in [2.45, 2.75) is 44.7 Å². The standard InChI is InChI=1S/C11H21N3/c1-8(12)5-9-3-4-11-10(6-9)7-13-14(11)2/h7-11H,3-6,12H2,1-2H3. The molecule has 1 saturated carbocycles. The maximum Gasteiger partial charge on any atom is 0.0545 e. The summed E-state index contributed by atoms with van der Waals surface area (Å²) in [5.41, 5.74) is 5.84. The van der Waals surface area contributed by atoms with E-state index in [-0.39, 0.29) is 0 Å². The van der Waals surface area contributed by atoms with E-state index in [9.17, 15) is 0 Å². The number of hydrazone groups is 1. The highest BCUT2D eigenvalue weighted by molar-refractivity contribution is 5.63. The normalized spacial score (nSPS) is 38.5. The van der Waals surface area contributed by atoms with Crippen molar-refractivity contribution in [3.05, 3.63) is 0 Å². The average Bonchev–Trinajstić information content (AvgIpc) is 2.46. The van der Waals surface area contributed by atoms with E-state index >= 15 is 0 Å². The van der Waals surface area contributed by atoms with Gasteiger partial charge in [-0.05, 0) is 38.5 Å². The second-order valence-corrected chi connectivity index (χ2v) is 4.96. The molecular formula is C11H21N3. The zero-order valence-electron chi connectivity index (χ0n) is 9.19. The van der Waals surface area contributed by atoms with Crippen molar-refractivity contribution in [1.82, 2.24) is 5.01 Å². The summed E-state index contributed by atoms with van der Waals surface area (Å²) in [4.78, 5) is 0. The smallest absolute Gasteiger partial charge is 0.0545 e. The van der Waals surface area contributed by atoms with E-state index in [4.69, 9.17) is 5.73 Å². The third kappa shape index (κ3) is 1.92. The molecule has 1 aliphatic carbocycles. The second kappa shape index (κ2) is 3.89. The number of rotatable bonds is 2. The number of hydrogen-bond acceptors (Lipinski definition) is 3. The van der Waals surface area contributed by atoms with Crippen LogP contribution in [0.2, 0.25) is 0 Å². The summed E-state index contributed by atoms with van der Waals surface area (Å²) in [5.74, 6) is 1.52. The summed E-state index contributed by atoms with van der Waals surface area (Å²) in [5, 5.41) is 6.50. The minimum absolute atomic E-state index is 0.354. The Labute approximate surface area is 86.3 Å². The third-order valence-electron chi connectivity index (χ3n) is 3.60. The van der Waals surface area contributed by atoms with Gasteiger partial charge in [0, 0.05) is 25.2 Å². The first-order valence-corrected chi connectivity index (χ1v) is 5.69. The van der Waals surface area contributed by atoms with E-state index in [0.29, 0.717) is 18.0 Å². The molecule has 3 nitrogen and oxygen atoms in total. The fourth-order valence-corrected chi connectivity index (χ4v) is 2.92. The molecule has 0 amide bonds. The van der Waals surface area contributed by atoms with E-state index in [1.807, 2.05) is 0 Å². The van der Waals surface area contributed by atoms with Crippen molar-refractivity contribution >= 4 is 6.21 Å². The van der Waals surface area contributed by atoms with Gasteiger partial charge in [-0.15, -0.1) is 0 Å². The lowest BCUT2D eigenvalue weighted by Gasteiger charge is -2.34. The molecule has 0 radical (unpaired) electrons. The van der Waals surface area contributed by atoms with Gasteiger partial charge in [-0.25, -0.2) is 0 Å². The van der Waals surface area contributed by atoms with Gasteiger partial charge in [-0.2, -0.15) is 5.10 Å². The van der Waals surface area contributed by atoms with Crippen LogP contribution in [0.4, 0.5) is 0 Å². The first kappa shape index (κ1) is 9.97. The minimum atomic E-state index is 0.354. The van der Waals surface area contributed by atoms with Gasteiger partial charge < -0.3 is 5.73 Å². The molecule has 0 aromatic heterocycles. The van der Waals surface area contributed by atoms with Crippen molar-refractivity contribution in [2.75, 3.05) is 7.05 Å². The molecule has 0 aromatic carbocycles. The Balaban J connectivity index is 1.89. The van der Waals surface area contributed by atoms with Crippen LogP contribution < -0.4 is 5.73 Å². The number of nitrogens with zero attached hydrogens (tertiary/aromatic N) is 2. The Morgan fingerprint density at radius 2 is 2.36 bits per heavy atom. The van der Waals surface area contributed by atoms with Crippen molar-refractivity contribution in [1.29, 1.82) is 0 Å². The number of nitrogens with two attached hydrogens (primary N) is 1. The van der Waals surface area contributed by atoms with Crippen molar-refractivity contribution < 1.29 is 0 Å². The molecule has 1 aliphatic heterocycles. The molecule has 4 atom stereocenters. The lowest BCUT2D eigenvalue weighted by molar-refractivity contribution is 0.159. The Morgan fingerprint density at radius 3 is 3.07 bits per heavy atom. The zero-order chi connectivity index (χ0) is 10.1. The molecule has 2 rings (SSSR count). The largest absolute Gasteiger partial charge is 0.328 e. The molecule has 4 unspecified atom stereocenters. The summed E-state index contributed by atoms with van der Waals surface area (Å²) >= 11 is 0. The quantitative estimate of drug-likeness (QED) is 0.724. The lowest BCUT2D eigenvalue weighted by Crippen LogP contribution is -2.36. The molecule has 0 spiro atoms. The van der Waals surface area contributed by atoms with Crippen LogP contribution in [0.1, 0.15) is 32.6 Å². The van der Waals surface area contributed by atoms with Crippen LogP contribution in [0.25, 0.3) is 0 Å². The summed E-state index contributed by atoms with van der Waals surface area (Å²) in [7, 11) is 2.09. The molecular weight excluding hydrogens is 174 g/mol. The van der Waals surface area contributed by atoms with Crippen LogP contribution in [-0.4, -0.2) is 30.4 Å². The first-order chi connectivity index (χ1) is 6.66. The molecule has 1 fully saturated rings. The van der Waals surface area contributed by atoms with E-state index in [1.165, 1.54) is 25.7 Å². The van der Waals surface area contributed by atoms with Crippen LogP contribution >= 0.6 is 0 Å². The highest BCUT2D eigenvalue weighted by Crippen LogP contribution is 2.35. The number of hydrogen-bond donors (Lipinski definition) is 1. The first-order valence-electron chi connectivity index (χ1n) is 5.69. The van der Waals surface area contributed by atoms with Crippen LogP contribution in [-0.2, 0) is 0 Å². The molecule has 1 heterocycles. The van der Waals surface area contributed by atoms with Gasteiger partial charge in [0.25, 0.3) is 0 Å². The van der Waals surface area contributed by atoms with Crippen molar-refractivity contribution in [2.24, 2.45) is 22.7 Å². The van der Waals surface area contributed by atoms with Gasteiger partial charge in [0.1, 0.15) is 0 Å². The maximum atomic E-state index is 5.84. The van der Waals surface area contributed by atoms with Gasteiger partial charge >= 0.3 is 0 Å². The van der Waals surface area contributed by atoms with Crippen LogP contribution in [0.15, 0.2) is 5.10 Å². The average molecular weight is 195 g/mol. The third-order valence-corrected chi connectivity index (χ3v) is 3.60.